The molecule has 2 N–H and O–H groups in total. The topological polar surface area (TPSA) is 58.9 Å². The van der Waals surface area contributed by atoms with Crippen LogP contribution in [0.2, 0.25) is 0 Å². The summed E-state index contributed by atoms with van der Waals surface area (Å²) in [5.41, 5.74) is 0. The van der Waals surface area contributed by atoms with Gasteiger partial charge in [0.25, 0.3) is 0 Å². The van der Waals surface area contributed by atoms with E-state index in [9.17, 15) is 0 Å². The summed E-state index contributed by atoms with van der Waals surface area (Å²) in [6.07, 6.45) is 0. The molecule has 0 radical (unpaired) electrons. The largest absolute Gasteiger partial charge is 0.425 e. The highest BCUT2D eigenvalue weighted by molar-refractivity contribution is 7.40. The van der Waals surface area contributed by atoms with Crippen molar-refractivity contribution in [1.29, 1.82) is 0 Å². The van der Waals surface area contributed by atoms with E-state index in [2.05, 4.69) is 4.67 Å². The van der Waals surface area contributed by atoms with Crippen molar-refractivity contribution in [3.63, 3.8) is 0 Å². The van der Waals surface area contributed by atoms with Crippen LogP contribution in [0.25, 0.3) is 0 Å². The number of para-hydroxylation sites is 1. The minimum atomic E-state index is -2.20. The van der Waals surface area contributed by atoms with Gasteiger partial charge in [-0.3, -0.25) is 0 Å². The summed E-state index contributed by atoms with van der Waals surface area (Å²) in [5.74, 6) is 0.454. The summed E-state index contributed by atoms with van der Waals surface area (Å²) in [7, 11) is -2.20. The van der Waals surface area contributed by atoms with Crippen LogP contribution in [0.5, 0.6) is 5.75 Å². The molecule has 0 spiro atoms. The molecule has 0 aliphatic heterocycles. The molecule has 1 aromatic rings. The van der Waals surface area contributed by atoms with E-state index in [0.717, 1.165) is 0 Å². The highest BCUT2D eigenvalue weighted by Gasteiger charge is 2.06. The summed E-state index contributed by atoms with van der Waals surface area (Å²) < 4.78 is 8.26. The fraction of sp³-hybridized carbons (Fsp3) is 0. The van der Waals surface area contributed by atoms with Crippen molar-refractivity contribution >= 4 is 8.60 Å². The van der Waals surface area contributed by atoms with Crippen molar-refractivity contribution in [2.45, 2.75) is 0 Å². The van der Waals surface area contributed by atoms with Crippen LogP contribution in [0.1, 0.15) is 0 Å². The van der Waals surface area contributed by atoms with E-state index in [4.69, 9.17) is 14.7 Å². The van der Waals surface area contributed by atoms with Gasteiger partial charge in [-0.05, 0) is 12.1 Å². The van der Waals surface area contributed by atoms with Gasteiger partial charge in [0.05, 0.1) is 0 Å². The molecule has 0 aliphatic rings. The molecule has 0 aromatic heterocycles. The highest BCUT2D eigenvalue weighted by Crippen LogP contribution is 2.32. The molecule has 1 rings (SSSR count). The van der Waals surface area contributed by atoms with E-state index in [1.807, 2.05) is 6.07 Å². The van der Waals surface area contributed by atoms with Crippen LogP contribution < -0.4 is 4.52 Å². The van der Waals surface area contributed by atoms with Gasteiger partial charge in [0.2, 0.25) is 0 Å². The van der Waals surface area contributed by atoms with Crippen LogP contribution in [0, 0.1) is 0 Å². The molecule has 0 heterocycles. The van der Waals surface area contributed by atoms with Crippen molar-refractivity contribution in [3.05, 3.63) is 30.3 Å². The monoisotopic (exact) mass is 174 g/mol. The summed E-state index contributed by atoms with van der Waals surface area (Å²) in [6, 6.07) is 8.59. The van der Waals surface area contributed by atoms with Gasteiger partial charge in [-0.1, -0.05) is 18.2 Å². The minimum absolute atomic E-state index is 0.454. The maximum atomic E-state index is 8.68. The fourth-order valence-electron chi connectivity index (χ4n) is 0.588. The summed E-state index contributed by atoms with van der Waals surface area (Å²) in [5, 5.41) is 7.95. The first-order valence-corrected chi connectivity index (χ1v) is 3.99. The van der Waals surface area contributed by atoms with Crippen LogP contribution in [0.15, 0.2) is 30.3 Å². The van der Waals surface area contributed by atoms with Crippen LogP contribution in [0.4, 0.5) is 0 Å². The smallest absolute Gasteiger partial charge is 0.424 e. The van der Waals surface area contributed by atoms with E-state index < -0.39 is 8.60 Å². The van der Waals surface area contributed by atoms with Crippen molar-refractivity contribution in [1.82, 2.24) is 0 Å². The van der Waals surface area contributed by atoms with Crippen LogP contribution in [-0.4, -0.2) is 10.2 Å². The molecule has 0 saturated carbocycles. The zero-order chi connectivity index (χ0) is 8.10. The Morgan fingerprint density at radius 2 is 1.82 bits per heavy atom. The first kappa shape index (κ1) is 8.43. The molecule has 4 nitrogen and oxygen atoms in total. The average Bonchev–Trinajstić information content (AvgIpc) is 2.06. The third-order valence-electron chi connectivity index (χ3n) is 0.997. The second-order valence-electron chi connectivity index (χ2n) is 1.72. The number of rotatable bonds is 3. The standard InChI is InChI=1S/C6H7O4P/c7-10-11(8)9-6-4-2-1-3-5-6/h1-5,7-8H. The van der Waals surface area contributed by atoms with E-state index >= 15 is 0 Å². The molecule has 1 unspecified atom stereocenters. The van der Waals surface area contributed by atoms with Crippen molar-refractivity contribution in [2.75, 3.05) is 0 Å². The lowest BCUT2D eigenvalue weighted by molar-refractivity contribution is -0.144. The van der Waals surface area contributed by atoms with Gasteiger partial charge in [0.1, 0.15) is 5.75 Å². The first-order valence-electron chi connectivity index (χ1n) is 2.86. The molecule has 5 heteroatoms. The van der Waals surface area contributed by atoms with Crippen molar-refractivity contribution in [3.8, 4) is 5.75 Å². The first-order chi connectivity index (χ1) is 5.33. The van der Waals surface area contributed by atoms with Crippen LogP contribution in [-0.2, 0) is 4.67 Å². The summed E-state index contributed by atoms with van der Waals surface area (Å²) in [6.45, 7) is 0. The van der Waals surface area contributed by atoms with Gasteiger partial charge >= 0.3 is 8.60 Å². The number of benzene rings is 1. The van der Waals surface area contributed by atoms with Crippen molar-refractivity contribution in [2.24, 2.45) is 0 Å². The third kappa shape index (κ3) is 2.82. The average molecular weight is 174 g/mol. The summed E-state index contributed by atoms with van der Waals surface area (Å²) in [4.78, 5) is 8.68. The quantitative estimate of drug-likeness (QED) is 0.416. The van der Waals surface area contributed by atoms with Gasteiger partial charge in [-0.2, -0.15) is 0 Å². The highest BCUT2D eigenvalue weighted by atomic mass is 31.2. The lowest BCUT2D eigenvalue weighted by atomic mass is 10.3. The third-order valence-corrected chi connectivity index (χ3v) is 1.50. The zero-order valence-corrected chi connectivity index (χ0v) is 6.44. The maximum absolute atomic E-state index is 8.68. The Kier molecular flexibility index (Phi) is 3.26. The molecular formula is C6H7O4P. The lowest BCUT2D eigenvalue weighted by Crippen LogP contribution is -1.87. The molecule has 1 atom stereocenters. The van der Waals surface area contributed by atoms with E-state index in [1.165, 1.54) is 0 Å². The van der Waals surface area contributed by atoms with Gasteiger partial charge in [0, 0.05) is 0 Å². The molecule has 0 amide bonds. The Labute approximate surface area is 64.9 Å². The Balaban J connectivity index is 2.51. The van der Waals surface area contributed by atoms with Crippen LogP contribution in [0.3, 0.4) is 0 Å². The molecule has 60 valence electrons. The van der Waals surface area contributed by atoms with Crippen molar-refractivity contribution < 1.29 is 19.3 Å². The number of hydrogen-bond acceptors (Lipinski definition) is 4. The maximum Gasteiger partial charge on any atom is 0.424 e. The summed E-state index contributed by atoms with van der Waals surface area (Å²) >= 11 is 0. The predicted molar refractivity (Wildman–Crippen MR) is 39.9 cm³/mol. The molecule has 0 aliphatic carbocycles. The van der Waals surface area contributed by atoms with Gasteiger partial charge in [-0.25, -0.2) is 5.26 Å². The van der Waals surface area contributed by atoms with E-state index in [1.54, 1.807) is 24.3 Å². The van der Waals surface area contributed by atoms with Gasteiger partial charge in [0.15, 0.2) is 0 Å². The SMILES string of the molecule is OOP(O)Oc1ccccc1. The van der Waals surface area contributed by atoms with E-state index in [0.29, 0.717) is 5.75 Å². The molecule has 0 fully saturated rings. The normalized spacial score (nSPS) is 12.5. The number of hydrogen-bond donors (Lipinski definition) is 2. The lowest BCUT2D eigenvalue weighted by Gasteiger charge is -2.05. The molecule has 11 heavy (non-hydrogen) atoms. The minimum Gasteiger partial charge on any atom is -0.425 e. The van der Waals surface area contributed by atoms with Gasteiger partial charge in [-0.15, -0.1) is 4.67 Å². The Morgan fingerprint density at radius 3 is 2.36 bits per heavy atom. The molecule has 0 saturated heterocycles. The second-order valence-corrected chi connectivity index (χ2v) is 2.55. The Hall–Kier alpha value is -0.670. The van der Waals surface area contributed by atoms with Gasteiger partial charge < -0.3 is 9.42 Å². The van der Waals surface area contributed by atoms with E-state index in [-0.39, 0.29) is 0 Å². The molecule has 1 aromatic carbocycles. The predicted octanol–water partition coefficient (Wildman–Crippen LogP) is 1.77. The van der Waals surface area contributed by atoms with Crippen LogP contribution >= 0.6 is 8.60 Å². The Morgan fingerprint density at radius 1 is 1.18 bits per heavy atom. The Bertz CT molecular complexity index is 203. The molecule has 0 bridgehead atoms. The zero-order valence-electron chi connectivity index (χ0n) is 5.54. The molecular weight excluding hydrogens is 167 g/mol. The fourth-order valence-corrected chi connectivity index (χ4v) is 0.924. The second kappa shape index (κ2) is 4.26.